The summed E-state index contributed by atoms with van der Waals surface area (Å²) >= 11 is 0. The van der Waals surface area contributed by atoms with Crippen LogP contribution in [0.4, 0.5) is 5.69 Å². The number of benzene rings is 2. The number of nitrogens with one attached hydrogen (secondary N) is 1. The minimum Gasteiger partial charge on any atom is -0.493 e. The molecule has 0 fully saturated rings. The van der Waals surface area contributed by atoms with Gasteiger partial charge in [0.15, 0.2) is 6.10 Å². The van der Waals surface area contributed by atoms with Gasteiger partial charge < -0.3 is 14.8 Å². The average molecular weight is 327 g/mol. The highest BCUT2D eigenvalue weighted by atomic mass is 16.5. The first-order valence-corrected chi connectivity index (χ1v) is 7.79. The molecule has 0 spiro atoms. The molecule has 0 saturated carbocycles. The van der Waals surface area contributed by atoms with Crippen molar-refractivity contribution in [3.05, 3.63) is 60.2 Å². The van der Waals surface area contributed by atoms with Crippen LogP contribution in [0.5, 0.6) is 5.75 Å². The van der Waals surface area contributed by atoms with E-state index < -0.39 is 12.1 Å². The summed E-state index contributed by atoms with van der Waals surface area (Å²) in [4.78, 5) is 23.7. The van der Waals surface area contributed by atoms with E-state index in [9.17, 15) is 9.59 Å². The van der Waals surface area contributed by atoms with Crippen LogP contribution >= 0.6 is 0 Å². The average Bonchev–Trinajstić information content (AvgIpc) is 2.57. The number of ether oxygens (including phenoxy) is 2. The largest absolute Gasteiger partial charge is 0.493 e. The Morgan fingerprint density at radius 1 is 1.04 bits per heavy atom. The third-order valence-corrected chi connectivity index (χ3v) is 3.31. The van der Waals surface area contributed by atoms with Gasteiger partial charge in [-0.05, 0) is 38.1 Å². The zero-order chi connectivity index (χ0) is 17.4. The Morgan fingerprint density at radius 3 is 2.38 bits per heavy atom. The smallest absolute Gasteiger partial charge is 0.310 e. The van der Waals surface area contributed by atoms with Crippen LogP contribution in [0.1, 0.15) is 18.9 Å². The normalized spacial score (nSPS) is 11.4. The zero-order valence-electron chi connectivity index (χ0n) is 13.8. The van der Waals surface area contributed by atoms with Crippen molar-refractivity contribution in [2.75, 3.05) is 11.9 Å². The molecule has 1 amide bonds. The summed E-state index contributed by atoms with van der Waals surface area (Å²) in [7, 11) is 0. The fourth-order valence-corrected chi connectivity index (χ4v) is 1.96. The molecule has 0 bridgehead atoms. The van der Waals surface area contributed by atoms with Gasteiger partial charge in [-0.25, -0.2) is 0 Å². The van der Waals surface area contributed by atoms with Gasteiger partial charge in [-0.3, -0.25) is 9.59 Å². The third kappa shape index (κ3) is 5.76. The Labute approximate surface area is 141 Å². The van der Waals surface area contributed by atoms with Crippen molar-refractivity contribution in [2.24, 2.45) is 0 Å². The van der Waals surface area contributed by atoms with Gasteiger partial charge in [-0.15, -0.1) is 0 Å². The second kappa shape index (κ2) is 8.72. The molecule has 0 radical (unpaired) electrons. The van der Waals surface area contributed by atoms with Crippen LogP contribution in [0.25, 0.3) is 0 Å². The maximum atomic E-state index is 12.0. The molecular weight excluding hydrogens is 306 g/mol. The van der Waals surface area contributed by atoms with Gasteiger partial charge >= 0.3 is 5.97 Å². The molecule has 24 heavy (non-hydrogen) atoms. The topological polar surface area (TPSA) is 64.6 Å². The lowest BCUT2D eigenvalue weighted by Gasteiger charge is -2.13. The highest BCUT2D eigenvalue weighted by Crippen LogP contribution is 2.12. The van der Waals surface area contributed by atoms with E-state index in [0.29, 0.717) is 11.4 Å². The number of anilines is 1. The number of carbonyl (C=O) groups excluding carboxylic acids is 2. The van der Waals surface area contributed by atoms with Gasteiger partial charge in [-0.1, -0.05) is 35.9 Å². The summed E-state index contributed by atoms with van der Waals surface area (Å²) in [5.41, 5.74) is 1.80. The number of hydrogen-bond donors (Lipinski definition) is 1. The summed E-state index contributed by atoms with van der Waals surface area (Å²) in [5.74, 6) is -0.143. The van der Waals surface area contributed by atoms with Crippen LogP contribution in [0.15, 0.2) is 54.6 Å². The van der Waals surface area contributed by atoms with E-state index in [4.69, 9.17) is 9.47 Å². The Hall–Kier alpha value is -2.82. The quantitative estimate of drug-likeness (QED) is 0.792. The van der Waals surface area contributed by atoms with Crippen molar-refractivity contribution in [2.45, 2.75) is 26.4 Å². The fraction of sp³-hybridized carbons (Fsp3) is 0.263. The molecule has 0 aromatic heterocycles. The molecule has 0 aliphatic rings. The maximum Gasteiger partial charge on any atom is 0.310 e. The van der Waals surface area contributed by atoms with Crippen molar-refractivity contribution in [3.8, 4) is 5.75 Å². The van der Waals surface area contributed by atoms with Crippen molar-refractivity contribution >= 4 is 17.6 Å². The summed E-state index contributed by atoms with van der Waals surface area (Å²) in [6, 6.07) is 16.6. The summed E-state index contributed by atoms with van der Waals surface area (Å²) in [6.45, 7) is 3.73. The van der Waals surface area contributed by atoms with E-state index in [2.05, 4.69) is 5.32 Å². The first-order valence-electron chi connectivity index (χ1n) is 7.79. The molecule has 126 valence electrons. The number of amides is 1. The number of esters is 1. The highest BCUT2D eigenvalue weighted by Gasteiger charge is 2.17. The summed E-state index contributed by atoms with van der Waals surface area (Å²) in [6.07, 6.45) is -0.784. The fourth-order valence-electron chi connectivity index (χ4n) is 1.96. The molecular formula is C19H21NO4. The van der Waals surface area contributed by atoms with Crippen LogP contribution in [0.2, 0.25) is 0 Å². The van der Waals surface area contributed by atoms with Crippen LogP contribution in [0.3, 0.4) is 0 Å². The van der Waals surface area contributed by atoms with Gasteiger partial charge in [0.1, 0.15) is 5.75 Å². The third-order valence-electron chi connectivity index (χ3n) is 3.31. The van der Waals surface area contributed by atoms with Crippen molar-refractivity contribution < 1.29 is 19.1 Å². The van der Waals surface area contributed by atoms with Crippen molar-refractivity contribution in [1.82, 2.24) is 0 Å². The number of para-hydroxylation sites is 1. The maximum absolute atomic E-state index is 12.0. The number of rotatable bonds is 7. The molecule has 0 aliphatic heterocycles. The van der Waals surface area contributed by atoms with E-state index in [0.717, 1.165) is 5.56 Å². The van der Waals surface area contributed by atoms with Crippen LogP contribution < -0.4 is 10.1 Å². The van der Waals surface area contributed by atoms with Crippen molar-refractivity contribution in [3.63, 3.8) is 0 Å². The first-order chi connectivity index (χ1) is 11.5. The Balaban J connectivity index is 1.71. The van der Waals surface area contributed by atoms with Gasteiger partial charge in [0.2, 0.25) is 0 Å². The Bertz CT molecular complexity index is 668. The van der Waals surface area contributed by atoms with Gasteiger partial charge in [0.05, 0.1) is 13.0 Å². The SMILES string of the molecule is Cc1ccc(OCCC(=O)O[C@H](C)C(=O)Nc2ccccc2)cc1. The lowest BCUT2D eigenvalue weighted by atomic mass is 10.2. The molecule has 2 aromatic rings. The number of aryl methyl sites for hydroxylation is 1. The van der Waals surface area contributed by atoms with E-state index in [1.807, 2.05) is 49.4 Å². The molecule has 2 rings (SSSR count). The highest BCUT2D eigenvalue weighted by molar-refractivity contribution is 5.95. The monoisotopic (exact) mass is 327 g/mol. The molecule has 5 heteroatoms. The minimum absolute atomic E-state index is 0.0802. The lowest BCUT2D eigenvalue weighted by molar-refractivity contribution is -0.153. The second-order valence-corrected chi connectivity index (χ2v) is 5.40. The van der Waals surface area contributed by atoms with E-state index in [1.54, 1.807) is 12.1 Å². The lowest BCUT2D eigenvalue weighted by Crippen LogP contribution is -2.30. The van der Waals surface area contributed by atoms with E-state index in [1.165, 1.54) is 6.92 Å². The first kappa shape index (κ1) is 17.5. The molecule has 2 aromatic carbocycles. The summed E-state index contributed by atoms with van der Waals surface area (Å²) < 4.78 is 10.6. The number of hydrogen-bond acceptors (Lipinski definition) is 4. The molecule has 0 aliphatic carbocycles. The minimum atomic E-state index is -0.864. The number of carbonyl (C=O) groups is 2. The molecule has 0 heterocycles. The summed E-state index contributed by atoms with van der Waals surface area (Å²) in [5, 5.41) is 2.69. The van der Waals surface area contributed by atoms with Crippen LogP contribution in [0, 0.1) is 6.92 Å². The molecule has 0 unspecified atom stereocenters. The molecule has 0 saturated heterocycles. The van der Waals surface area contributed by atoms with Crippen LogP contribution in [-0.2, 0) is 14.3 Å². The predicted octanol–water partition coefficient (Wildman–Crippen LogP) is 3.33. The zero-order valence-corrected chi connectivity index (χ0v) is 13.8. The predicted molar refractivity (Wildman–Crippen MR) is 91.9 cm³/mol. The van der Waals surface area contributed by atoms with Crippen molar-refractivity contribution in [1.29, 1.82) is 0 Å². The second-order valence-electron chi connectivity index (χ2n) is 5.40. The Kier molecular flexibility index (Phi) is 6.37. The standard InChI is InChI=1S/C19H21NO4/c1-14-8-10-17(11-9-14)23-13-12-18(21)24-15(2)19(22)20-16-6-4-3-5-7-16/h3-11,15H,12-13H2,1-2H3,(H,20,22)/t15-/m1/s1. The molecule has 5 nitrogen and oxygen atoms in total. The Morgan fingerprint density at radius 2 is 1.71 bits per heavy atom. The van der Waals surface area contributed by atoms with Gasteiger partial charge in [-0.2, -0.15) is 0 Å². The molecule has 1 N–H and O–H groups in total. The van der Waals surface area contributed by atoms with Crippen LogP contribution in [-0.4, -0.2) is 24.6 Å². The van der Waals surface area contributed by atoms with Gasteiger partial charge in [0, 0.05) is 5.69 Å². The molecule has 1 atom stereocenters. The van der Waals surface area contributed by atoms with E-state index >= 15 is 0 Å². The van der Waals surface area contributed by atoms with E-state index in [-0.39, 0.29) is 18.9 Å². The van der Waals surface area contributed by atoms with Gasteiger partial charge in [0.25, 0.3) is 5.91 Å².